The molecule has 3 N–H and O–H groups in total. The van der Waals surface area contributed by atoms with Gasteiger partial charge in [-0.15, -0.1) is 0 Å². The van der Waals surface area contributed by atoms with Crippen LogP contribution in [0.3, 0.4) is 0 Å². The highest BCUT2D eigenvalue weighted by atomic mass is 16.5. The summed E-state index contributed by atoms with van der Waals surface area (Å²) in [5.74, 6) is -1.38. The van der Waals surface area contributed by atoms with Crippen LogP contribution in [0.25, 0.3) is 5.53 Å². The Morgan fingerprint density at radius 2 is 1.72 bits per heavy atom. The summed E-state index contributed by atoms with van der Waals surface area (Å²) in [7, 11) is 0. The molecule has 2 heterocycles. The first-order chi connectivity index (χ1) is 20.7. The van der Waals surface area contributed by atoms with Crippen molar-refractivity contribution in [3.63, 3.8) is 0 Å². The van der Waals surface area contributed by atoms with E-state index in [1.165, 1.54) is 5.01 Å². The zero-order chi connectivity index (χ0) is 30.9. The summed E-state index contributed by atoms with van der Waals surface area (Å²) < 4.78 is 5.76. The third-order valence-electron chi connectivity index (χ3n) is 7.11. The second-order valence-corrected chi connectivity index (χ2v) is 10.8. The van der Waals surface area contributed by atoms with E-state index in [1.54, 1.807) is 24.3 Å². The minimum atomic E-state index is -1.15. The summed E-state index contributed by atoms with van der Waals surface area (Å²) in [6.45, 7) is 4.09. The number of nitrogens with one attached hydrogen (secondary N) is 3. The Morgan fingerprint density at radius 3 is 2.40 bits per heavy atom. The van der Waals surface area contributed by atoms with E-state index in [0.717, 1.165) is 5.01 Å². The van der Waals surface area contributed by atoms with Crippen molar-refractivity contribution in [3.05, 3.63) is 60.1 Å². The van der Waals surface area contributed by atoms with Crippen molar-refractivity contribution in [1.82, 2.24) is 20.7 Å². The number of ketones is 1. The van der Waals surface area contributed by atoms with Crippen LogP contribution in [0.1, 0.15) is 52.4 Å². The Morgan fingerprint density at radius 1 is 1.02 bits per heavy atom. The Labute approximate surface area is 249 Å². The van der Waals surface area contributed by atoms with Crippen molar-refractivity contribution in [2.45, 2.75) is 64.5 Å². The summed E-state index contributed by atoms with van der Waals surface area (Å²) in [6.07, 6.45) is 1.25. The molecule has 226 valence electrons. The van der Waals surface area contributed by atoms with E-state index >= 15 is 0 Å². The van der Waals surface area contributed by atoms with Crippen molar-refractivity contribution in [2.24, 2.45) is 5.92 Å². The lowest BCUT2D eigenvalue weighted by Gasteiger charge is -2.41. The molecule has 4 rings (SSSR count). The molecule has 0 aliphatic carbocycles. The average molecular weight is 590 g/mol. The largest absolute Gasteiger partial charge is 0.497 e. The molecule has 13 nitrogen and oxygen atoms in total. The van der Waals surface area contributed by atoms with E-state index in [9.17, 15) is 29.5 Å². The van der Waals surface area contributed by atoms with Gasteiger partial charge in [-0.2, -0.15) is 5.32 Å². The van der Waals surface area contributed by atoms with Gasteiger partial charge in [0.25, 0.3) is 11.7 Å². The van der Waals surface area contributed by atoms with Gasteiger partial charge in [-0.25, -0.2) is 14.6 Å². The summed E-state index contributed by atoms with van der Waals surface area (Å²) >= 11 is 0. The molecule has 0 aromatic heterocycles. The number of rotatable bonds is 9. The van der Waals surface area contributed by atoms with Gasteiger partial charge in [0.15, 0.2) is 6.04 Å². The number of urea groups is 1. The number of hydrogen-bond donors (Lipinski definition) is 3. The number of para-hydroxylation sites is 1. The van der Waals surface area contributed by atoms with Crippen LogP contribution in [-0.2, 0) is 19.2 Å². The smallest absolute Gasteiger partial charge is 0.403 e. The Balaban J connectivity index is 1.41. The van der Waals surface area contributed by atoms with E-state index in [2.05, 4.69) is 20.7 Å². The normalized spacial score (nSPS) is 18.2. The number of anilines is 1. The average Bonchev–Trinajstić information content (AvgIpc) is 3.12. The van der Waals surface area contributed by atoms with Gasteiger partial charge in [0.1, 0.15) is 17.5 Å². The van der Waals surface area contributed by atoms with Crippen LogP contribution in [0.5, 0.6) is 11.5 Å². The first-order valence-corrected chi connectivity index (χ1v) is 14.3. The number of fused-ring (bicyclic) bond motifs is 1. The van der Waals surface area contributed by atoms with Gasteiger partial charge in [0.2, 0.25) is 5.91 Å². The van der Waals surface area contributed by atoms with Gasteiger partial charge in [-0.3, -0.25) is 19.4 Å². The van der Waals surface area contributed by atoms with Gasteiger partial charge in [0.05, 0.1) is 0 Å². The molecule has 0 spiro atoms. The van der Waals surface area contributed by atoms with Crippen molar-refractivity contribution < 1.29 is 33.5 Å². The van der Waals surface area contributed by atoms with Crippen molar-refractivity contribution >= 4 is 41.1 Å². The van der Waals surface area contributed by atoms with Crippen molar-refractivity contribution in [3.8, 4) is 11.5 Å². The molecule has 2 saturated heterocycles. The number of hydrogen-bond acceptors (Lipinski definition) is 6. The van der Waals surface area contributed by atoms with E-state index < -0.39 is 41.5 Å². The molecule has 13 heteroatoms. The fourth-order valence-corrected chi connectivity index (χ4v) is 4.85. The number of carbonyl (C=O) groups is 5. The zero-order valence-corrected chi connectivity index (χ0v) is 24.1. The van der Waals surface area contributed by atoms with Crippen LogP contribution in [0.15, 0.2) is 54.6 Å². The molecule has 0 radical (unpaired) electrons. The first-order valence-electron chi connectivity index (χ1n) is 14.3. The maximum absolute atomic E-state index is 13.7. The number of amides is 5. The molecule has 2 aromatic rings. The number of ether oxygens (including phenoxy) is 1. The molecule has 2 aliphatic heterocycles. The number of nitrogens with zero attached hydrogens (tertiary/aromatic N) is 4. The topological polar surface area (TPSA) is 174 Å². The predicted octanol–water partition coefficient (Wildman–Crippen LogP) is 3.25. The number of benzene rings is 2. The molecule has 43 heavy (non-hydrogen) atoms. The molecule has 2 fully saturated rings. The van der Waals surface area contributed by atoms with Gasteiger partial charge in [-0.05, 0) is 68.0 Å². The predicted molar refractivity (Wildman–Crippen MR) is 156 cm³/mol. The van der Waals surface area contributed by atoms with Crippen LogP contribution in [-0.4, -0.2) is 68.8 Å². The monoisotopic (exact) mass is 589 g/mol. The number of Topliss-reactive ketones (excluding diaryl/α,β-unsaturated/α-hetero) is 1. The molecule has 0 bridgehead atoms. The highest BCUT2D eigenvalue weighted by molar-refractivity contribution is 6.39. The van der Waals surface area contributed by atoms with Gasteiger partial charge < -0.3 is 25.7 Å². The third kappa shape index (κ3) is 8.04. The minimum absolute atomic E-state index is 0.0237. The molecule has 2 aliphatic rings. The lowest BCUT2D eigenvalue weighted by Crippen LogP contribution is -2.64. The van der Waals surface area contributed by atoms with Gasteiger partial charge >= 0.3 is 17.8 Å². The highest BCUT2D eigenvalue weighted by Gasteiger charge is 2.46. The molecule has 2 aromatic carbocycles. The maximum Gasteiger partial charge on any atom is 0.403 e. The van der Waals surface area contributed by atoms with Crippen molar-refractivity contribution in [2.75, 3.05) is 11.9 Å². The molecular weight excluding hydrogens is 554 g/mol. The van der Waals surface area contributed by atoms with E-state index in [0.29, 0.717) is 30.0 Å². The van der Waals surface area contributed by atoms with Gasteiger partial charge in [0, 0.05) is 25.1 Å². The second kappa shape index (κ2) is 14.2. The number of hydrazine groups is 1. The van der Waals surface area contributed by atoms with Crippen LogP contribution < -0.4 is 20.7 Å². The number of carbonyl (C=O) groups excluding carboxylic acids is 5. The standard InChI is InChI=1S/C30H35N7O6/c1-19(2)10-16-25(38)27(35-31)34-28(40)24-9-6-18-36-26(39)17-15-23(29(41)37(24)36)33-30(42)32-20-11-13-22(14-12-20)43-21-7-4-3-5-8-21/h3-5,7-8,11-14,19,23-24H,6,9-10,15-18H2,1-2H3,(H,34,40)(H2,32,33,42)/t23?,24-/m0/s1. The summed E-state index contributed by atoms with van der Waals surface area (Å²) in [5.41, 5.74) is 9.82. The van der Waals surface area contributed by atoms with Crippen LogP contribution in [0, 0.1) is 5.92 Å². The molecule has 0 saturated carbocycles. The van der Waals surface area contributed by atoms with Crippen LogP contribution in [0.4, 0.5) is 10.5 Å². The Kier molecular flexibility index (Phi) is 10.2. The Bertz CT molecular complexity index is 1410. The summed E-state index contributed by atoms with van der Waals surface area (Å²) in [6, 6.07) is 13.0. The SMILES string of the molecule is CC(C)CCC(=O)C(=[N+]=[N-])NC(=O)[C@@H]1CCCN2C(=O)CCC(NC(=O)Nc3ccc(Oc4ccccc4)cc3)C(=O)N12. The van der Waals surface area contributed by atoms with Crippen LogP contribution in [0.2, 0.25) is 0 Å². The fraction of sp³-hybridized carbons (Fsp3) is 0.400. The van der Waals surface area contributed by atoms with Crippen molar-refractivity contribution in [1.29, 1.82) is 0 Å². The van der Waals surface area contributed by atoms with Gasteiger partial charge in [-0.1, -0.05) is 32.0 Å². The molecule has 1 unspecified atom stereocenters. The minimum Gasteiger partial charge on any atom is -0.497 e. The number of amidine groups is 1. The third-order valence-corrected chi connectivity index (χ3v) is 7.11. The lowest BCUT2D eigenvalue weighted by atomic mass is 10.0. The van der Waals surface area contributed by atoms with E-state index in [4.69, 9.17) is 4.74 Å². The quantitative estimate of drug-likeness (QED) is 0.175. The second-order valence-electron chi connectivity index (χ2n) is 10.8. The fourth-order valence-electron chi connectivity index (χ4n) is 4.85. The zero-order valence-electron chi connectivity index (χ0n) is 24.1. The highest BCUT2D eigenvalue weighted by Crippen LogP contribution is 2.26. The van der Waals surface area contributed by atoms with E-state index in [-0.39, 0.29) is 44.1 Å². The summed E-state index contributed by atoms with van der Waals surface area (Å²) in [4.78, 5) is 68.1. The molecular formula is C30H35N7O6. The molecule has 2 atom stereocenters. The maximum atomic E-state index is 13.7. The summed E-state index contributed by atoms with van der Waals surface area (Å²) in [5, 5.41) is 9.89. The Hall–Kier alpha value is -5.03. The molecule has 5 amide bonds. The van der Waals surface area contributed by atoms with E-state index in [1.807, 2.05) is 44.2 Å². The van der Waals surface area contributed by atoms with Crippen LogP contribution >= 0.6 is 0 Å². The first kappa shape index (κ1) is 30.9. The lowest BCUT2D eigenvalue weighted by molar-refractivity contribution is -0.175.